The van der Waals surface area contributed by atoms with Gasteiger partial charge < -0.3 is 5.11 Å². The largest absolute Gasteiger partial charge is 0.480 e. The molecule has 0 aliphatic carbocycles. The van der Waals surface area contributed by atoms with Crippen molar-refractivity contribution >= 4 is 17.6 Å². The van der Waals surface area contributed by atoms with Gasteiger partial charge in [-0.1, -0.05) is 12.1 Å². The minimum absolute atomic E-state index is 0.683. The molecule has 1 N–H and O–H groups in total. The van der Waals surface area contributed by atoms with Crippen LogP contribution in [-0.2, 0) is 4.79 Å². The number of aliphatic carboxylic acids is 1. The molecule has 1 rings (SSSR count). The number of hydrogen-bond acceptors (Lipinski definition) is 1. The second kappa shape index (κ2) is 4.01. The normalized spacial score (nSPS) is 12.6. The summed E-state index contributed by atoms with van der Waals surface area (Å²) in [6.45, 7) is 5.82. The van der Waals surface area contributed by atoms with E-state index in [0.29, 0.717) is 5.56 Å². The van der Waals surface area contributed by atoms with E-state index in [1.165, 1.54) is 0 Å². The molecular weight excluding hydrogens is 200 g/mol. The molecule has 1 aromatic rings. The van der Waals surface area contributed by atoms with E-state index in [9.17, 15) is 4.79 Å². The van der Waals surface area contributed by atoms with E-state index in [0.717, 1.165) is 16.7 Å². The minimum Gasteiger partial charge on any atom is -0.480 e. The van der Waals surface area contributed by atoms with Crippen LogP contribution < -0.4 is 0 Å². The Kier molecular flexibility index (Phi) is 3.17. The second-order valence-electron chi connectivity index (χ2n) is 3.49. The lowest BCUT2D eigenvalue weighted by Crippen LogP contribution is -2.07. The van der Waals surface area contributed by atoms with Crippen molar-refractivity contribution in [2.24, 2.45) is 0 Å². The van der Waals surface area contributed by atoms with Crippen molar-refractivity contribution in [3.8, 4) is 0 Å². The van der Waals surface area contributed by atoms with E-state index in [4.69, 9.17) is 16.7 Å². The number of carbonyl (C=O) groups is 1. The Hall–Kier alpha value is -1.02. The Labute approximate surface area is 88.5 Å². The number of hydrogen-bond donors (Lipinski definition) is 1. The summed E-state index contributed by atoms with van der Waals surface area (Å²) < 4.78 is 0. The average molecular weight is 213 g/mol. The topological polar surface area (TPSA) is 37.3 Å². The summed E-state index contributed by atoms with van der Waals surface area (Å²) in [7, 11) is 0. The van der Waals surface area contributed by atoms with Crippen LogP contribution in [0.5, 0.6) is 0 Å². The van der Waals surface area contributed by atoms with Crippen LogP contribution in [0.3, 0.4) is 0 Å². The zero-order chi connectivity index (χ0) is 10.9. The third kappa shape index (κ3) is 2.07. The van der Waals surface area contributed by atoms with Crippen molar-refractivity contribution in [1.29, 1.82) is 0 Å². The monoisotopic (exact) mass is 212 g/mol. The highest BCUT2D eigenvalue weighted by Crippen LogP contribution is 2.26. The van der Waals surface area contributed by atoms with Crippen LogP contribution in [0.15, 0.2) is 12.1 Å². The third-order valence-electron chi connectivity index (χ3n) is 2.37. The molecule has 0 heterocycles. The molecule has 0 bridgehead atoms. The molecule has 0 aromatic heterocycles. The van der Waals surface area contributed by atoms with Gasteiger partial charge in [0.15, 0.2) is 5.38 Å². The van der Waals surface area contributed by atoms with Gasteiger partial charge in [-0.2, -0.15) is 0 Å². The van der Waals surface area contributed by atoms with Crippen LogP contribution >= 0.6 is 11.6 Å². The maximum absolute atomic E-state index is 10.7. The number of carboxylic acids is 1. The van der Waals surface area contributed by atoms with Gasteiger partial charge in [-0.15, -0.1) is 11.6 Å². The van der Waals surface area contributed by atoms with Crippen molar-refractivity contribution in [3.63, 3.8) is 0 Å². The summed E-state index contributed by atoms with van der Waals surface area (Å²) in [5.74, 6) is -1.00. The van der Waals surface area contributed by atoms with Gasteiger partial charge in [0.2, 0.25) is 0 Å². The Morgan fingerprint density at radius 2 is 1.71 bits per heavy atom. The molecule has 0 spiro atoms. The van der Waals surface area contributed by atoms with Crippen molar-refractivity contribution in [2.45, 2.75) is 26.1 Å². The number of aryl methyl sites for hydroxylation is 3. The Morgan fingerprint density at radius 1 is 1.21 bits per heavy atom. The van der Waals surface area contributed by atoms with Crippen LogP contribution in [0.1, 0.15) is 27.6 Å². The number of alkyl halides is 1. The predicted octanol–water partition coefficient (Wildman–Crippen LogP) is 2.98. The Bertz CT molecular complexity index is 372. The summed E-state index contributed by atoms with van der Waals surface area (Å²) in [6.07, 6.45) is 0. The Balaban J connectivity index is 3.22. The fraction of sp³-hybridized carbons (Fsp3) is 0.364. The summed E-state index contributed by atoms with van der Waals surface area (Å²) >= 11 is 5.77. The van der Waals surface area contributed by atoms with Crippen LogP contribution in [0.2, 0.25) is 0 Å². The molecule has 0 fully saturated rings. The lowest BCUT2D eigenvalue weighted by atomic mass is 9.99. The summed E-state index contributed by atoms with van der Waals surface area (Å²) in [4.78, 5) is 10.7. The predicted molar refractivity (Wildman–Crippen MR) is 56.9 cm³/mol. The first-order valence-electron chi connectivity index (χ1n) is 4.38. The lowest BCUT2D eigenvalue weighted by Gasteiger charge is -2.11. The molecule has 0 saturated heterocycles. The van der Waals surface area contributed by atoms with Crippen molar-refractivity contribution in [3.05, 3.63) is 34.4 Å². The van der Waals surface area contributed by atoms with Crippen molar-refractivity contribution in [1.82, 2.24) is 0 Å². The maximum atomic E-state index is 10.7. The highest BCUT2D eigenvalue weighted by molar-refractivity contribution is 6.29. The van der Waals surface area contributed by atoms with E-state index < -0.39 is 11.3 Å². The zero-order valence-corrected chi connectivity index (χ0v) is 9.22. The standard InChI is InChI=1S/C11H13ClO2/c1-6-4-8(3)9(5-7(6)2)10(12)11(13)14/h4-5,10H,1-3H3,(H,13,14). The SMILES string of the molecule is Cc1cc(C)c(C(Cl)C(=O)O)cc1C. The quantitative estimate of drug-likeness (QED) is 0.766. The maximum Gasteiger partial charge on any atom is 0.326 e. The average Bonchev–Trinajstić information content (AvgIpc) is 2.10. The van der Waals surface area contributed by atoms with Gasteiger partial charge in [-0.25, -0.2) is 0 Å². The van der Waals surface area contributed by atoms with Gasteiger partial charge in [-0.05, 0) is 43.0 Å². The lowest BCUT2D eigenvalue weighted by molar-refractivity contribution is -0.136. The molecular formula is C11H13ClO2. The molecule has 0 saturated carbocycles. The van der Waals surface area contributed by atoms with E-state index in [1.54, 1.807) is 0 Å². The molecule has 0 aliphatic heterocycles. The Morgan fingerprint density at radius 3 is 2.21 bits per heavy atom. The van der Waals surface area contributed by atoms with Gasteiger partial charge >= 0.3 is 5.97 Å². The van der Waals surface area contributed by atoms with E-state index >= 15 is 0 Å². The first-order chi connectivity index (χ1) is 6.43. The summed E-state index contributed by atoms with van der Waals surface area (Å²) in [5, 5.41) is 7.84. The molecule has 2 nitrogen and oxygen atoms in total. The molecule has 0 radical (unpaired) electrons. The van der Waals surface area contributed by atoms with E-state index in [-0.39, 0.29) is 0 Å². The van der Waals surface area contributed by atoms with E-state index in [1.807, 2.05) is 32.9 Å². The molecule has 1 unspecified atom stereocenters. The van der Waals surface area contributed by atoms with Gasteiger partial charge in [0.1, 0.15) is 0 Å². The van der Waals surface area contributed by atoms with Crippen LogP contribution in [0.4, 0.5) is 0 Å². The number of benzene rings is 1. The molecule has 1 atom stereocenters. The van der Waals surface area contributed by atoms with Crippen LogP contribution in [0.25, 0.3) is 0 Å². The third-order valence-corrected chi connectivity index (χ3v) is 2.79. The van der Waals surface area contributed by atoms with Crippen molar-refractivity contribution in [2.75, 3.05) is 0 Å². The highest BCUT2D eigenvalue weighted by atomic mass is 35.5. The van der Waals surface area contributed by atoms with E-state index in [2.05, 4.69) is 0 Å². The van der Waals surface area contributed by atoms with Gasteiger partial charge in [0.25, 0.3) is 0 Å². The second-order valence-corrected chi connectivity index (χ2v) is 3.93. The number of carboxylic acid groups (broad SMARTS) is 1. The fourth-order valence-corrected chi connectivity index (χ4v) is 1.62. The number of halogens is 1. The minimum atomic E-state index is -1.00. The van der Waals surface area contributed by atoms with Gasteiger partial charge in [0.05, 0.1) is 0 Å². The summed E-state index contributed by atoms with van der Waals surface area (Å²) in [6, 6.07) is 3.80. The first kappa shape index (κ1) is 11.1. The zero-order valence-electron chi connectivity index (χ0n) is 8.47. The molecule has 0 amide bonds. The summed E-state index contributed by atoms with van der Waals surface area (Å²) in [5.41, 5.74) is 3.83. The number of rotatable bonds is 2. The van der Waals surface area contributed by atoms with Crippen molar-refractivity contribution < 1.29 is 9.90 Å². The molecule has 14 heavy (non-hydrogen) atoms. The molecule has 0 aliphatic rings. The van der Waals surface area contributed by atoms with Crippen LogP contribution in [-0.4, -0.2) is 11.1 Å². The van der Waals surface area contributed by atoms with Crippen LogP contribution in [0, 0.1) is 20.8 Å². The highest BCUT2D eigenvalue weighted by Gasteiger charge is 2.18. The fourth-order valence-electron chi connectivity index (χ4n) is 1.39. The van der Waals surface area contributed by atoms with Gasteiger partial charge in [-0.3, -0.25) is 4.79 Å². The first-order valence-corrected chi connectivity index (χ1v) is 4.81. The van der Waals surface area contributed by atoms with Gasteiger partial charge in [0, 0.05) is 0 Å². The molecule has 76 valence electrons. The smallest absolute Gasteiger partial charge is 0.326 e. The molecule has 3 heteroatoms. The molecule has 1 aromatic carbocycles.